The van der Waals surface area contributed by atoms with Crippen LogP contribution >= 0.6 is 0 Å². The smallest absolute Gasteiger partial charge is 0.0496 e. The van der Waals surface area contributed by atoms with Gasteiger partial charge in [-0.25, -0.2) is 0 Å². The molecule has 0 saturated heterocycles. The first-order valence-corrected chi connectivity index (χ1v) is 5.05. The summed E-state index contributed by atoms with van der Waals surface area (Å²) in [6, 6.07) is 0.661. The van der Waals surface area contributed by atoms with Crippen molar-refractivity contribution < 1.29 is 0 Å². The molecule has 13 heavy (non-hydrogen) atoms. The average molecular weight is 184 g/mol. The molecule has 0 aliphatic heterocycles. The topological polar surface area (TPSA) is 60.8 Å². The molecule has 1 N–H and O–H groups in total. The molecule has 0 rings (SSSR count). The van der Waals surface area contributed by atoms with E-state index in [9.17, 15) is 0 Å². The first kappa shape index (κ1) is 12.3. The van der Waals surface area contributed by atoms with E-state index in [0.29, 0.717) is 6.04 Å². The van der Waals surface area contributed by atoms with Crippen molar-refractivity contribution in [3.8, 4) is 0 Å². The lowest BCUT2D eigenvalue weighted by Gasteiger charge is -2.17. The van der Waals surface area contributed by atoms with Crippen LogP contribution in [0.5, 0.6) is 0 Å². The van der Waals surface area contributed by atoms with Gasteiger partial charge in [-0.15, -0.1) is 0 Å². The van der Waals surface area contributed by atoms with Gasteiger partial charge in [0.1, 0.15) is 0 Å². The van der Waals surface area contributed by atoms with Crippen LogP contribution in [0.3, 0.4) is 0 Å². The van der Waals surface area contributed by atoms with Crippen LogP contribution < -0.4 is 5.32 Å². The highest BCUT2D eigenvalue weighted by Gasteiger charge is 2.06. The maximum atomic E-state index is 8.28. The summed E-state index contributed by atoms with van der Waals surface area (Å²) in [6.07, 6.45) is 3.16. The molecule has 1 unspecified atom stereocenters. The minimum absolute atomic E-state index is 0.102. The van der Waals surface area contributed by atoms with Crippen LogP contribution in [0.4, 0.5) is 0 Å². The molecule has 1 atom stereocenters. The van der Waals surface area contributed by atoms with E-state index < -0.39 is 0 Å². The molecule has 0 amide bonds. The van der Waals surface area contributed by atoms with Crippen LogP contribution in [-0.2, 0) is 0 Å². The minimum atomic E-state index is 0.102. The van der Waals surface area contributed by atoms with Crippen molar-refractivity contribution in [2.45, 2.75) is 52.1 Å². The fourth-order valence-electron chi connectivity index (χ4n) is 1.22. The van der Waals surface area contributed by atoms with Crippen molar-refractivity contribution in [3.63, 3.8) is 0 Å². The molecule has 76 valence electrons. The molecule has 0 aliphatic rings. The van der Waals surface area contributed by atoms with Crippen LogP contribution in [0.15, 0.2) is 5.11 Å². The van der Waals surface area contributed by atoms with E-state index in [0.717, 1.165) is 25.8 Å². The summed E-state index contributed by atoms with van der Waals surface area (Å²) in [5.74, 6) is 0. The van der Waals surface area contributed by atoms with Gasteiger partial charge in [0.15, 0.2) is 0 Å². The van der Waals surface area contributed by atoms with Crippen LogP contribution in [0.2, 0.25) is 0 Å². The van der Waals surface area contributed by atoms with Crippen molar-refractivity contribution >= 4 is 0 Å². The Morgan fingerprint density at radius 1 is 1.23 bits per heavy atom. The summed E-state index contributed by atoms with van der Waals surface area (Å²) >= 11 is 0. The van der Waals surface area contributed by atoms with Crippen molar-refractivity contribution in [1.82, 2.24) is 5.32 Å². The molecular weight excluding hydrogens is 164 g/mol. The van der Waals surface area contributed by atoms with Crippen LogP contribution in [0.1, 0.15) is 40.0 Å². The first-order valence-electron chi connectivity index (χ1n) is 5.05. The third-order valence-corrected chi connectivity index (χ3v) is 2.31. The second-order valence-electron chi connectivity index (χ2n) is 3.19. The van der Waals surface area contributed by atoms with Gasteiger partial charge in [0.05, 0.1) is 0 Å². The van der Waals surface area contributed by atoms with E-state index in [-0.39, 0.29) is 6.04 Å². The summed E-state index contributed by atoms with van der Waals surface area (Å²) < 4.78 is 0. The standard InChI is InChI=1S/C9H20N4/c1-4-8(5-2)11-7-9(6-3)12-13-10/h8-9,11H,4-7H2,1-3H3. The Balaban J connectivity index is 3.75. The second kappa shape index (κ2) is 7.90. The number of nitrogens with zero attached hydrogens (tertiary/aromatic N) is 3. The highest BCUT2D eigenvalue weighted by molar-refractivity contribution is 4.71. The van der Waals surface area contributed by atoms with E-state index in [1.807, 2.05) is 6.92 Å². The largest absolute Gasteiger partial charge is 0.314 e. The molecule has 0 saturated carbocycles. The summed E-state index contributed by atoms with van der Waals surface area (Å²) in [7, 11) is 0. The fraction of sp³-hybridized carbons (Fsp3) is 1.00. The molecule has 0 radical (unpaired) electrons. The first-order chi connectivity index (χ1) is 6.28. The van der Waals surface area contributed by atoms with Crippen LogP contribution in [0, 0.1) is 0 Å². The van der Waals surface area contributed by atoms with Crippen molar-refractivity contribution in [2.24, 2.45) is 5.11 Å². The van der Waals surface area contributed by atoms with Crippen LogP contribution in [-0.4, -0.2) is 18.6 Å². The summed E-state index contributed by atoms with van der Waals surface area (Å²) in [4.78, 5) is 2.82. The Hall–Kier alpha value is -0.730. The maximum absolute atomic E-state index is 8.28. The van der Waals surface area contributed by atoms with Gasteiger partial charge in [-0.3, -0.25) is 0 Å². The van der Waals surface area contributed by atoms with Gasteiger partial charge in [0, 0.05) is 23.5 Å². The van der Waals surface area contributed by atoms with Gasteiger partial charge >= 0.3 is 0 Å². The average Bonchev–Trinajstić information content (AvgIpc) is 2.17. The van der Waals surface area contributed by atoms with Gasteiger partial charge in [-0.1, -0.05) is 25.9 Å². The maximum Gasteiger partial charge on any atom is 0.0496 e. The molecule has 0 spiro atoms. The molecule has 0 fully saturated rings. The molecular formula is C9H20N4. The lowest BCUT2D eigenvalue weighted by molar-refractivity contribution is 0.452. The minimum Gasteiger partial charge on any atom is -0.314 e. The third-order valence-electron chi connectivity index (χ3n) is 2.31. The number of hydrogen-bond acceptors (Lipinski definition) is 2. The fourth-order valence-corrected chi connectivity index (χ4v) is 1.22. The Kier molecular flexibility index (Phi) is 7.45. The molecule has 4 nitrogen and oxygen atoms in total. The number of hydrogen-bond donors (Lipinski definition) is 1. The van der Waals surface area contributed by atoms with E-state index in [2.05, 4.69) is 29.2 Å². The van der Waals surface area contributed by atoms with E-state index in [1.165, 1.54) is 0 Å². The van der Waals surface area contributed by atoms with Gasteiger partial charge in [0.2, 0.25) is 0 Å². The SMILES string of the molecule is CCC(CNC(CC)CC)N=[N+]=[N-]. The highest BCUT2D eigenvalue weighted by atomic mass is 15.2. The van der Waals surface area contributed by atoms with E-state index >= 15 is 0 Å². The van der Waals surface area contributed by atoms with E-state index in [4.69, 9.17) is 5.53 Å². The normalized spacial score (nSPS) is 12.6. The molecule has 0 heterocycles. The lowest BCUT2D eigenvalue weighted by Crippen LogP contribution is -2.33. The number of azide groups is 1. The van der Waals surface area contributed by atoms with Gasteiger partial charge in [-0.05, 0) is 24.8 Å². The molecule has 4 heteroatoms. The predicted molar refractivity (Wildman–Crippen MR) is 55.6 cm³/mol. The van der Waals surface area contributed by atoms with Crippen molar-refractivity contribution in [1.29, 1.82) is 0 Å². The van der Waals surface area contributed by atoms with Crippen molar-refractivity contribution in [3.05, 3.63) is 10.4 Å². The number of nitrogens with one attached hydrogen (secondary N) is 1. The Labute approximate surface area is 80.3 Å². The zero-order valence-corrected chi connectivity index (χ0v) is 8.82. The summed E-state index contributed by atoms with van der Waals surface area (Å²) in [5.41, 5.74) is 8.28. The molecule has 0 bridgehead atoms. The number of rotatable bonds is 7. The Bertz CT molecular complexity index is 159. The molecule has 0 aromatic carbocycles. The monoisotopic (exact) mass is 184 g/mol. The second-order valence-corrected chi connectivity index (χ2v) is 3.19. The van der Waals surface area contributed by atoms with Crippen molar-refractivity contribution in [2.75, 3.05) is 6.54 Å². The zero-order chi connectivity index (χ0) is 10.1. The van der Waals surface area contributed by atoms with Gasteiger partial charge in [0.25, 0.3) is 0 Å². The zero-order valence-electron chi connectivity index (χ0n) is 8.82. The lowest BCUT2D eigenvalue weighted by atomic mass is 10.1. The van der Waals surface area contributed by atoms with Gasteiger partial charge in [-0.2, -0.15) is 0 Å². The Morgan fingerprint density at radius 3 is 2.23 bits per heavy atom. The molecule has 0 aromatic rings. The molecule has 0 aliphatic carbocycles. The summed E-state index contributed by atoms with van der Waals surface area (Å²) in [5, 5.41) is 7.09. The van der Waals surface area contributed by atoms with Crippen LogP contribution in [0.25, 0.3) is 10.4 Å². The Morgan fingerprint density at radius 2 is 1.85 bits per heavy atom. The highest BCUT2D eigenvalue weighted by Crippen LogP contribution is 2.00. The third kappa shape index (κ3) is 5.50. The quantitative estimate of drug-likeness (QED) is 0.369. The molecule has 0 aromatic heterocycles. The van der Waals surface area contributed by atoms with Gasteiger partial charge < -0.3 is 5.32 Å². The van der Waals surface area contributed by atoms with E-state index in [1.54, 1.807) is 0 Å². The summed E-state index contributed by atoms with van der Waals surface area (Å²) in [6.45, 7) is 7.16. The predicted octanol–water partition coefficient (Wildman–Crippen LogP) is 2.85.